The lowest BCUT2D eigenvalue weighted by atomic mass is 10.1. The standard InChI is InChI=1S/C17H23NO6/c1-17(2,3)24-16(21)18-12(14(19)20)9-10-13-22-15(23-13)11-7-5-4-6-8-11/h4-8,12-13,15H,9-10H2,1-3H3,(H,18,21)(H,19,20)/t12-,13?,15?/m0/s1. The van der Waals surface area contributed by atoms with Crippen LogP contribution < -0.4 is 5.32 Å². The lowest BCUT2D eigenvalue weighted by Gasteiger charge is -2.36. The van der Waals surface area contributed by atoms with Crippen molar-refractivity contribution in [3.05, 3.63) is 35.9 Å². The van der Waals surface area contributed by atoms with Crippen LogP contribution in [0.3, 0.4) is 0 Å². The smallest absolute Gasteiger partial charge is 0.408 e. The lowest BCUT2D eigenvalue weighted by Crippen LogP contribution is -2.44. The minimum Gasteiger partial charge on any atom is -0.480 e. The van der Waals surface area contributed by atoms with Crippen LogP contribution in [0.15, 0.2) is 30.3 Å². The van der Waals surface area contributed by atoms with Crippen LogP contribution in [-0.4, -0.2) is 35.1 Å². The Hall–Kier alpha value is -2.12. The number of amides is 1. The monoisotopic (exact) mass is 337 g/mol. The Morgan fingerprint density at radius 1 is 1.25 bits per heavy atom. The third-order valence-corrected chi connectivity index (χ3v) is 3.30. The molecule has 24 heavy (non-hydrogen) atoms. The van der Waals surface area contributed by atoms with E-state index in [1.165, 1.54) is 0 Å². The summed E-state index contributed by atoms with van der Waals surface area (Å²) < 4.78 is 16.2. The Balaban J connectivity index is 1.75. The van der Waals surface area contributed by atoms with Crippen LogP contribution in [0.25, 0.3) is 0 Å². The highest BCUT2D eigenvalue weighted by Gasteiger charge is 2.33. The number of ether oxygens (including phenoxy) is 3. The van der Waals surface area contributed by atoms with Gasteiger partial charge in [-0.05, 0) is 27.2 Å². The van der Waals surface area contributed by atoms with Gasteiger partial charge in [0.25, 0.3) is 0 Å². The van der Waals surface area contributed by atoms with Crippen molar-refractivity contribution in [3.63, 3.8) is 0 Å². The SMILES string of the molecule is CC(C)(C)OC(=O)N[C@@H](CCC1OC(c2ccccc2)O1)C(=O)O. The number of rotatable bonds is 6. The Kier molecular flexibility index (Phi) is 5.80. The predicted molar refractivity (Wildman–Crippen MR) is 85.2 cm³/mol. The molecule has 0 aromatic heterocycles. The first-order chi connectivity index (χ1) is 11.2. The lowest BCUT2D eigenvalue weighted by molar-refractivity contribution is -0.391. The molecule has 7 nitrogen and oxygen atoms in total. The molecule has 0 saturated carbocycles. The molecular formula is C17H23NO6. The molecule has 2 rings (SSSR count). The van der Waals surface area contributed by atoms with Gasteiger partial charge in [0.1, 0.15) is 11.6 Å². The Morgan fingerprint density at radius 3 is 2.42 bits per heavy atom. The molecule has 132 valence electrons. The van der Waals surface area contributed by atoms with Gasteiger partial charge in [0.2, 0.25) is 0 Å². The highest BCUT2D eigenvalue weighted by atomic mass is 16.9. The first-order valence-electron chi connectivity index (χ1n) is 7.83. The quantitative estimate of drug-likeness (QED) is 0.829. The molecule has 1 aromatic rings. The van der Waals surface area contributed by atoms with Gasteiger partial charge in [0, 0.05) is 12.0 Å². The fourth-order valence-corrected chi connectivity index (χ4v) is 2.20. The number of carboxylic acid groups (broad SMARTS) is 1. The molecule has 1 aromatic carbocycles. The number of aliphatic carboxylic acids is 1. The summed E-state index contributed by atoms with van der Waals surface area (Å²) in [6, 6.07) is 8.42. The molecule has 1 heterocycles. The van der Waals surface area contributed by atoms with Gasteiger partial charge in [-0.25, -0.2) is 9.59 Å². The van der Waals surface area contributed by atoms with Crippen molar-refractivity contribution >= 4 is 12.1 Å². The van der Waals surface area contributed by atoms with E-state index >= 15 is 0 Å². The van der Waals surface area contributed by atoms with E-state index in [9.17, 15) is 14.7 Å². The van der Waals surface area contributed by atoms with Gasteiger partial charge in [-0.3, -0.25) is 0 Å². The first-order valence-corrected chi connectivity index (χ1v) is 7.83. The second-order valence-electron chi connectivity index (χ2n) is 6.56. The number of carboxylic acids is 1. The number of hydrogen-bond donors (Lipinski definition) is 2. The number of carbonyl (C=O) groups excluding carboxylic acids is 1. The maximum atomic E-state index is 11.7. The largest absolute Gasteiger partial charge is 0.480 e. The first kappa shape index (κ1) is 18.2. The number of benzene rings is 1. The van der Waals surface area contributed by atoms with E-state index in [1.54, 1.807) is 20.8 Å². The minimum atomic E-state index is -1.13. The molecule has 2 N–H and O–H groups in total. The van der Waals surface area contributed by atoms with Crippen molar-refractivity contribution in [3.8, 4) is 0 Å². The molecule has 0 radical (unpaired) electrons. The zero-order chi connectivity index (χ0) is 17.7. The van der Waals surface area contributed by atoms with Crippen molar-refractivity contribution in [2.75, 3.05) is 0 Å². The highest BCUT2D eigenvalue weighted by molar-refractivity contribution is 5.79. The number of hydrogen-bond acceptors (Lipinski definition) is 5. The molecule has 1 aliphatic rings. The molecule has 0 bridgehead atoms. The average molecular weight is 337 g/mol. The fourth-order valence-electron chi connectivity index (χ4n) is 2.20. The van der Waals surface area contributed by atoms with E-state index in [-0.39, 0.29) is 6.42 Å². The molecule has 1 atom stereocenters. The van der Waals surface area contributed by atoms with Crippen molar-refractivity contribution in [1.82, 2.24) is 5.32 Å². The van der Waals surface area contributed by atoms with Gasteiger partial charge in [-0.15, -0.1) is 0 Å². The van der Waals surface area contributed by atoms with Crippen LogP contribution in [-0.2, 0) is 19.0 Å². The third-order valence-electron chi connectivity index (χ3n) is 3.30. The van der Waals surface area contributed by atoms with Crippen LogP contribution in [0.4, 0.5) is 4.79 Å². The summed E-state index contributed by atoms with van der Waals surface area (Å²) in [7, 11) is 0. The van der Waals surface area contributed by atoms with E-state index < -0.39 is 36.3 Å². The van der Waals surface area contributed by atoms with Crippen molar-refractivity contribution in [2.45, 2.75) is 57.8 Å². The Labute approximate surface area is 140 Å². The van der Waals surface area contributed by atoms with E-state index in [4.69, 9.17) is 14.2 Å². The van der Waals surface area contributed by atoms with Gasteiger partial charge < -0.3 is 24.6 Å². The Morgan fingerprint density at radius 2 is 1.88 bits per heavy atom. The minimum absolute atomic E-state index is 0.181. The molecule has 1 saturated heterocycles. The van der Waals surface area contributed by atoms with Crippen LogP contribution in [0.1, 0.15) is 45.5 Å². The topological polar surface area (TPSA) is 94.1 Å². The zero-order valence-electron chi connectivity index (χ0n) is 14.0. The molecule has 1 fully saturated rings. The maximum absolute atomic E-state index is 11.7. The van der Waals surface area contributed by atoms with E-state index in [1.807, 2.05) is 30.3 Å². The summed E-state index contributed by atoms with van der Waals surface area (Å²) in [5.74, 6) is -1.13. The summed E-state index contributed by atoms with van der Waals surface area (Å²) in [4.78, 5) is 22.9. The summed E-state index contributed by atoms with van der Waals surface area (Å²) >= 11 is 0. The molecule has 1 amide bonds. The third kappa shape index (κ3) is 5.50. The molecule has 1 aliphatic heterocycles. The second kappa shape index (κ2) is 7.63. The summed E-state index contributed by atoms with van der Waals surface area (Å²) in [5.41, 5.74) is 0.228. The number of nitrogens with one attached hydrogen (secondary N) is 1. The maximum Gasteiger partial charge on any atom is 0.408 e. The second-order valence-corrected chi connectivity index (χ2v) is 6.56. The predicted octanol–water partition coefficient (Wildman–Crippen LogP) is 2.82. The summed E-state index contributed by atoms with van der Waals surface area (Å²) in [6.07, 6.45) is -1.11. The van der Waals surface area contributed by atoms with E-state index in [0.29, 0.717) is 6.42 Å². The highest BCUT2D eigenvalue weighted by Crippen LogP contribution is 2.33. The molecular weight excluding hydrogens is 314 g/mol. The van der Waals surface area contributed by atoms with E-state index in [0.717, 1.165) is 5.56 Å². The van der Waals surface area contributed by atoms with Crippen LogP contribution in [0, 0.1) is 0 Å². The van der Waals surface area contributed by atoms with Gasteiger partial charge in [0.05, 0.1) is 0 Å². The summed E-state index contributed by atoms with van der Waals surface area (Å²) in [5, 5.41) is 11.5. The van der Waals surface area contributed by atoms with Crippen LogP contribution in [0.2, 0.25) is 0 Å². The van der Waals surface area contributed by atoms with Gasteiger partial charge >= 0.3 is 12.1 Å². The van der Waals surface area contributed by atoms with E-state index in [2.05, 4.69) is 5.32 Å². The molecule has 0 aliphatic carbocycles. The van der Waals surface area contributed by atoms with Crippen molar-refractivity contribution in [2.24, 2.45) is 0 Å². The Bertz CT molecular complexity index is 562. The molecule has 0 spiro atoms. The fraction of sp³-hybridized carbons (Fsp3) is 0.529. The van der Waals surface area contributed by atoms with Gasteiger partial charge in [-0.2, -0.15) is 0 Å². The molecule has 0 unspecified atom stereocenters. The van der Waals surface area contributed by atoms with Crippen LogP contribution >= 0.6 is 0 Å². The zero-order valence-corrected chi connectivity index (χ0v) is 14.0. The normalized spacial score (nSPS) is 21.5. The molecule has 7 heteroatoms. The average Bonchev–Trinajstić information content (AvgIpc) is 2.43. The van der Waals surface area contributed by atoms with Crippen LogP contribution in [0.5, 0.6) is 0 Å². The van der Waals surface area contributed by atoms with Crippen molar-refractivity contribution in [1.29, 1.82) is 0 Å². The van der Waals surface area contributed by atoms with Gasteiger partial charge in [-0.1, -0.05) is 30.3 Å². The van der Waals surface area contributed by atoms with Crippen molar-refractivity contribution < 1.29 is 28.9 Å². The van der Waals surface area contributed by atoms with Gasteiger partial charge in [0.15, 0.2) is 12.6 Å². The number of carbonyl (C=O) groups is 2. The number of alkyl carbamates (subject to hydrolysis) is 1. The summed E-state index contributed by atoms with van der Waals surface area (Å²) in [6.45, 7) is 5.13.